The summed E-state index contributed by atoms with van der Waals surface area (Å²) in [6.07, 6.45) is -0.408. The van der Waals surface area contributed by atoms with Crippen LogP contribution in [0.15, 0.2) is 0 Å². The van der Waals surface area contributed by atoms with Gasteiger partial charge in [0, 0.05) is 0 Å². The van der Waals surface area contributed by atoms with Crippen molar-refractivity contribution in [2.75, 3.05) is 19.6 Å². The van der Waals surface area contributed by atoms with Gasteiger partial charge < -0.3 is 0 Å². The summed E-state index contributed by atoms with van der Waals surface area (Å²) in [5.74, 6) is 0. The molecule has 0 aliphatic rings. The predicted molar refractivity (Wildman–Crippen MR) is 40.9 cm³/mol. The third-order valence-corrected chi connectivity index (χ3v) is 2.82. The van der Waals surface area contributed by atoms with Gasteiger partial charge >= 0.3 is 60.4 Å². The molecule has 0 aliphatic carbocycles. The molecule has 0 aromatic carbocycles. The zero-order valence-electron chi connectivity index (χ0n) is 6.33. The number of aliphatic hydroxyl groups excluding tert-OH is 1. The quantitative estimate of drug-likeness (QED) is 0.590. The van der Waals surface area contributed by atoms with Crippen LogP contribution in [0.1, 0.15) is 13.8 Å². The van der Waals surface area contributed by atoms with E-state index in [0.717, 1.165) is 0 Å². The molecule has 0 fully saturated rings. The van der Waals surface area contributed by atoms with E-state index < -0.39 is 14.3 Å². The Morgan fingerprint density at radius 3 is 1.80 bits per heavy atom. The summed E-state index contributed by atoms with van der Waals surface area (Å²) in [5.41, 5.74) is 0. The molecule has 0 aromatic heterocycles. The molecule has 2 N–H and O–H groups in total. The van der Waals surface area contributed by atoms with Gasteiger partial charge in [0.2, 0.25) is 0 Å². The van der Waals surface area contributed by atoms with E-state index in [9.17, 15) is 4.89 Å². The molecule has 4 nitrogen and oxygen atoms in total. The first-order valence-corrected chi connectivity index (χ1v) is 5.26. The fourth-order valence-electron chi connectivity index (χ4n) is 0.584. The van der Waals surface area contributed by atoms with Gasteiger partial charge in [-0.25, -0.2) is 0 Å². The second kappa shape index (κ2) is 4.99. The third-order valence-electron chi connectivity index (χ3n) is 0.940. The fraction of sp³-hybridized carbons (Fsp3) is 1.00. The van der Waals surface area contributed by atoms with Crippen molar-refractivity contribution in [1.82, 2.24) is 0 Å². The second-order valence-corrected chi connectivity index (χ2v) is 4.06. The first-order chi connectivity index (χ1) is 4.68. The Balaban J connectivity index is 3.69. The van der Waals surface area contributed by atoms with Crippen molar-refractivity contribution >= 4 is 7.94 Å². The fourth-order valence-corrected chi connectivity index (χ4v) is 1.75. The molecule has 0 aliphatic heterocycles. The van der Waals surface area contributed by atoms with E-state index in [1.165, 1.54) is 0 Å². The summed E-state index contributed by atoms with van der Waals surface area (Å²) in [6.45, 7) is 4.21. The molecule has 5 heteroatoms. The zero-order chi connectivity index (χ0) is 8.04. The number of rotatable bonds is 5. The average molecular weight is 170 g/mol. The van der Waals surface area contributed by atoms with E-state index in [1.807, 2.05) is 0 Å². The van der Waals surface area contributed by atoms with Crippen LogP contribution < -0.4 is 0 Å². The monoisotopic (exact) mass is 170 g/mol. The molecule has 0 amide bonds. The van der Waals surface area contributed by atoms with E-state index in [0.29, 0.717) is 13.2 Å². The van der Waals surface area contributed by atoms with Crippen LogP contribution in [0.5, 0.6) is 0 Å². The molecule has 0 atom stereocenters. The minimum absolute atomic E-state index is 0.364. The van der Waals surface area contributed by atoms with E-state index >= 15 is 0 Å². The summed E-state index contributed by atoms with van der Waals surface area (Å²) in [4.78, 5) is 9.26. The normalized spacial score (nSPS) is 13.6. The molecule has 0 heterocycles. The Hall–Kier alpha value is 0.270. The maximum absolute atomic E-state index is 9.26. The first-order valence-electron chi connectivity index (χ1n) is 3.29. The number of hydrogen-bond donors (Lipinski definition) is 2. The summed E-state index contributed by atoms with van der Waals surface area (Å²) >= 11 is 0. The molecular weight excluding hydrogens is 155 g/mol. The summed E-state index contributed by atoms with van der Waals surface area (Å²) in [6, 6.07) is 0. The summed E-state index contributed by atoms with van der Waals surface area (Å²) < 4.78 is 9.68. The number of hydrogen-bond acceptors (Lipinski definition) is 4. The third kappa shape index (κ3) is 3.44. The van der Waals surface area contributed by atoms with Crippen LogP contribution in [0.25, 0.3) is 0 Å². The molecular formula is C5H15O4P. The standard InChI is InChI=1S/C5H15O4P/c1-3-8-10(7,5-6)9-4-2/h6-7,10H,3-5H2,1-2H3. The van der Waals surface area contributed by atoms with Gasteiger partial charge in [-0.1, -0.05) is 0 Å². The predicted octanol–water partition coefficient (Wildman–Crippen LogP) is 0.496. The zero-order valence-corrected chi connectivity index (χ0v) is 7.33. The van der Waals surface area contributed by atoms with Crippen LogP contribution in [0, 0.1) is 0 Å². The summed E-state index contributed by atoms with van der Waals surface area (Å²) in [5, 5.41) is 8.61. The Bertz CT molecular complexity index is 81.7. The van der Waals surface area contributed by atoms with E-state index in [1.54, 1.807) is 13.8 Å². The van der Waals surface area contributed by atoms with Crippen molar-refractivity contribution in [3.63, 3.8) is 0 Å². The van der Waals surface area contributed by atoms with Crippen LogP contribution in [0.2, 0.25) is 0 Å². The van der Waals surface area contributed by atoms with Gasteiger partial charge in [0.05, 0.1) is 0 Å². The van der Waals surface area contributed by atoms with Crippen molar-refractivity contribution < 1.29 is 19.0 Å². The molecule has 0 saturated heterocycles. The van der Waals surface area contributed by atoms with Gasteiger partial charge in [0.1, 0.15) is 0 Å². The van der Waals surface area contributed by atoms with E-state index in [4.69, 9.17) is 14.2 Å². The molecule has 0 radical (unpaired) electrons. The molecule has 0 rings (SSSR count). The molecule has 64 valence electrons. The topological polar surface area (TPSA) is 58.9 Å². The Morgan fingerprint density at radius 1 is 1.20 bits per heavy atom. The molecule has 0 saturated carbocycles. The van der Waals surface area contributed by atoms with E-state index in [2.05, 4.69) is 0 Å². The molecule has 0 unspecified atom stereocenters. The molecule has 0 aromatic rings. The van der Waals surface area contributed by atoms with Gasteiger partial charge in [-0.05, 0) is 0 Å². The van der Waals surface area contributed by atoms with Gasteiger partial charge in [-0.3, -0.25) is 0 Å². The van der Waals surface area contributed by atoms with Crippen LogP contribution >= 0.6 is 7.94 Å². The van der Waals surface area contributed by atoms with Crippen molar-refractivity contribution in [1.29, 1.82) is 0 Å². The Kier molecular flexibility index (Phi) is 5.13. The molecule has 10 heavy (non-hydrogen) atoms. The average Bonchev–Trinajstić information content (AvgIpc) is 1.89. The number of aliphatic hydroxyl groups is 1. The summed E-state index contributed by atoms with van der Waals surface area (Å²) in [7, 11) is -3.17. The Morgan fingerprint density at radius 2 is 1.60 bits per heavy atom. The van der Waals surface area contributed by atoms with Crippen molar-refractivity contribution in [2.45, 2.75) is 13.8 Å². The van der Waals surface area contributed by atoms with Crippen molar-refractivity contribution in [2.24, 2.45) is 0 Å². The van der Waals surface area contributed by atoms with Gasteiger partial charge in [-0.2, -0.15) is 0 Å². The van der Waals surface area contributed by atoms with Crippen molar-refractivity contribution in [3.05, 3.63) is 0 Å². The molecule has 0 bridgehead atoms. The SMILES string of the molecule is CCO[PH](O)(CO)OCC. The van der Waals surface area contributed by atoms with Crippen LogP contribution in [-0.2, 0) is 9.05 Å². The van der Waals surface area contributed by atoms with Crippen LogP contribution in [-0.4, -0.2) is 29.6 Å². The minimum atomic E-state index is -3.17. The van der Waals surface area contributed by atoms with Gasteiger partial charge in [0.25, 0.3) is 0 Å². The van der Waals surface area contributed by atoms with Crippen LogP contribution in [0.3, 0.4) is 0 Å². The van der Waals surface area contributed by atoms with Gasteiger partial charge in [0.15, 0.2) is 0 Å². The maximum atomic E-state index is 9.26. The van der Waals surface area contributed by atoms with E-state index in [-0.39, 0.29) is 0 Å². The Labute approximate surface area is 61.4 Å². The first kappa shape index (κ1) is 10.3. The van der Waals surface area contributed by atoms with Gasteiger partial charge in [-0.15, -0.1) is 0 Å². The van der Waals surface area contributed by atoms with Crippen LogP contribution in [0.4, 0.5) is 0 Å². The second-order valence-electron chi connectivity index (χ2n) is 1.74. The molecule has 0 spiro atoms. The van der Waals surface area contributed by atoms with Crippen molar-refractivity contribution in [3.8, 4) is 0 Å².